The van der Waals surface area contributed by atoms with E-state index < -0.39 is 23.8 Å². The van der Waals surface area contributed by atoms with Gasteiger partial charge in [-0.05, 0) is 5.92 Å². The monoisotopic (exact) mass is 244 g/mol. The lowest BCUT2D eigenvalue weighted by atomic mass is 9.89. The van der Waals surface area contributed by atoms with Crippen molar-refractivity contribution in [2.75, 3.05) is 6.61 Å². The molecule has 0 rings (SSSR count). The minimum Gasteiger partial charge on any atom is -0.481 e. The first-order valence-corrected chi connectivity index (χ1v) is 5.09. The first-order chi connectivity index (χ1) is 7.86. The van der Waals surface area contributed by atoms with Crippen LogP contribution in [0.25, 0.3) is 0 Å². The summed E-state index contributed by atoms with van der Waals surface area (Å²) >= 11 is 0. The SMILES string of the molecule is C=CC(=O)OCC(CC(=O)O)C(C)CC(=O)O. The average molecular weight is 244 g/mol. The number of carbonyl (C=O) groups is 3. The topological polar surface area (TPSA) is 101 Å². The molecule has 0 saturated heterocycles. The van der Waals surface area contributed by atoms with E-state index in [2.05, 4.69) is 6.58 Å². The number of aliphatic carboxylic acids is 2. The number of hydrogen-bond acceptors (Lipinski definition) is 4. The van der Waals surface area contributed by atoms with Gasteiger partial charge < -0.3 is 14.9 Å². The molecule has 0 amide bonds. The molecule has 0 spiro atoms. The Morgan fingerprint density at radius 1 is 1.24 bits per heavy atom. The minimum atomic E-state index is -1.05. The molecule has 2 unspecified atom stereocenters. The Hall–Kier alpha value is -1.85. The highest BCUT2D eigenvalue weighted by Gasteiger charge is 2.23. The average Bonchev–Trinajstić information content (AvgIpc) is 2.21. The van der Waals surface area contributed by atoms with Crippen LogP contribution in [-0.4, -0.2) is 34.7 Å². The van der Waals surface area contributed by atoms with E-state index in [1.165, 1.54) is 0 Å². The van der Waals surface area contributed by atoms with Gasteiger partial charge in [0.15, 0.2) is 0 Å². The normalized spacial score (nSPS) is 13.5. The number of carboxylic acids is 2. The smallest absolute Gasteiger partial charge is 0.330 e. The first kappa shape index (κ1) is 15.2. The molecular formula is C11H16O6. The third kappa shape index (κ3) is 7.10. The van der Waals surface area contributed by atoms with Gasteiger partial charge in [0, 0.05) is 18.4 Å². The molecule has 0 aliphatic carbocycles. The fourth-order valence-electron chi connectivity index (χ4n) is 1.34. The molecule has 96 valence electrons. The quantitative estimate of drug-likeness (QED) is 0.486. The first-order valence-electron chi connectivity index (χ1n) is 5.09. The maximum Gasteiger partial charge on any atom is 0.330 e. The van der Waals surface area contributed by atoms with Crippen molar-refractivity contribution in [1.29, 1.82) is 0 Å². The van der Waals surface area contributed by atoms with Gasteiger partial charge in [-0.3, -0.25) is 9.59 Å². The lowest BCUT2D eigenvalue weighted by molar-refractivity contribution is -0.146. The number of carbonyl (C=O) groups excluding carboxylic acids is 1. The summed E-state index contributed by atoms with van der Waals surface area (Å²) in [5.74, 6) is -3.62. The molecule has 17 heavy (non-hydrogen) atoms. The minimum absolute atomic E-state index is 0.119. The van der Waals surface area contributed by atoms with Crippen LogP contribution >= 0.6 is 0 Å². The second-order valence-corrected chi connectivity index (χ2v) is 3.77. The number of ether oxygens (including phenoxy) is 1. The fourth-order valence-corrected chi connectivity index (χ4v) is 1.34. The zero-order valence-corrected chi connectivity index (χ0v) is 9.59. The third-order valence-electron chi connectivity index (χ3n) is 2.34. The van der Waals surface area contributed by atoms with Gasteiger partial charge in [0.2, 0.25) is 0 Å². The molecular weight excluding hydrogens is 228 g/mol. The number of esters is 1. The van der Waals surface area contributed by atoms with Gasteiger partial charge in [0.25, 0.3) is 0 Å². The van der Waals surface area contributed by atoms with E-state index in [0.717, 1.165) is 6.08 Å². The van der Waals surface area contributed by atoms with Crippen molar-refractivity contribution >= 4 is 17.9 Å². The fraction of sp³-hybridized carbons (Fsp3) is 0.545. The zero-order valence-electron chi connectivity index (χ0n) is 9.59. The molecule has 2 atom stereocenters. The Morgan fingerprint density at radius 3 is 2.18 bits per heavy atom. The summed E-state index contributed by atoms with van der Waals surface area (Å²) in [6.45, 7) is 4.70. The maximum atomic E-state index is 10.8. The molecule has 6 nitrogen and oxygen atoms in total. The van der Waals surface area contributed by atoms with Crippen molar-refractivity contribution in [3.8, 4) is 0 Å². The van der Waals surface area contributed by atoms with E-state index in [4.69, 9.17) is 14.9 Å². The van der Waals surface area contributed by atoms with Crippen molar-refractivity contribution in [2.45, 2.75) is 19.8 Å². The Kier molecular flexibility index (Phi) is 6.62. The van der Waals surface area contributed by atoms with Crippen molar-refractivity contribution in [1.82, 2.24) is 0 Å². The number of hydrogen-bond donors (Lipinski definition) is 2. The summed E-state index contributed by atoms with van der Waals surface area (Å²) in [5.41, 5.74) is 0. The summed E-state index contributed by atoms with van der Waals surface area (Å²) in [5, 5.41) is 17.3. The van der Waals surface area contributed by atoms with E-state index in [0.29, 0.717) is 0 Å². The van der Waals surface area contributed by atoms with Crippen molar-refractivity contribution in [3.05, 3.63) is 12.7 Å². The third-order valence-corrected chi connectivity index (χ3v) is 2.34. The molecule has 0 bridgehead atoms. The summed E-state index contributed by atoms with van der Waals surface area (Å²) in [6.07, 6.45) is 0.572. The Labute approximate surface area is 98.9 Å². The molecule has 0 aromatic heterocycles. The van der Waals surface area contributed by atoms with Crippen LogP contribution in [0.1, 0.15) is 19.8 Å². The highest BCUT2D eigenvalue weighted by molar-refractivity contribution is 5.81. The number of carboxylic acid groups (broad SMARTS) is 2. The van der Waals surface area contributed by atoms with Crippen LogP contribution in [0.5, 0.6) is 0 Å². The van der Waals surface area contributed by atoms with Gasteiger partial charge in [-0.15, -0.1) is 0 Å². The highest BCUT2D eigenvalue weighted by Crippen LogP contribution is 2.20. The molecule has 2 N–H and O–H groups in total. The second-order valence-electron chi connectivity index (χ2n) is 3.77. The van der Waals surface area contributed by atoms with Crippen LogP contribution in [0, 0.1) is 11.8 Å². The van der Waals surface area contributed by atoms with Gasteiger partial charge in [0.05, 0.1) is 13.0 Å². The lowest BCUT2D eigenvalue weighted by Crippen LogP contribution is -2.24. The van der Waals surface area contributed by atoms with Crippen LogP contribution < -0.4 is 0 Å². The van der Waals surface area contributed by atoms with E-state index in [9.17, 15) is 14.4 Å². The predicted octanol–water partition coefficient (Wildman–Crippen LogP) is 0.917. The van der Waals surface area contributed by atoms with Gasteiger partial charge in [-0.2, -0.15) is 0 Å². The molecule has 0 aromatic rings. The second kappa shape index (κ2) is 7.43. The number of rotatable bonds is 8. The van der Waals surface area contributed by atoms with Crippen LogP contribution in [-0.2, 0) is 19.1 Å². The largest absolute Gasteiger partial charge is 0.481 e. The summed E-state index contributed by atoms with van der Waals surface area (Å²) < 4.78 is 4.74. The zero-order chi connectivity index (χ0) is 13.4. The lowest BCUT2D eigenvalue weighted by Gasteiger charge is -2.20. The Balaban J connectivity index is 4.40. The molecule has 0 fully saturated rings. The van der Waals surface area contributed by atoms with Gasteiger partial charge in [-0.1, -0.05) is 13.5 Å². The maximum absolute atomic E-state index is 10.8. The molecule has 0 heterocycles. The van der Waals surface area contributed by atoms with Crippen LogP contribution in [0.3, 0.4) is 0 Å². The van der Waals surface area contributed by atoms with Crippen LogP contribution in [0.2, 0.25) is 0 Å². The van der Waals surface area contributed by atoms with Crippen molar-refractivity contribution < 1.29 is 29.3 Å². The molecule has 6 heteroatoms. The summed E-state index contributed by atoms with van der Waals surface area (Å²) in [7, 11) is 0. The Morgan fingerprint density at radius 2 is 1.76 bits per heavy atom. The van der Waals surface area contributed by atoms with Crippen LogP contribution in [0.15, 0.2) is 12.7 Å². The van der Waals surface area contributed by atoms with Gasteiger partial charge in [0.1, 0.15) is 0 Å². The standard InChI is InChI=1S/C11H16O6/c1-3-11(16)17-6-8(5-10(14)15)7(2)4-9(12)13/h3,7-8H,1,4-6H2,2H3,(H,12,13)(H,14,15). The van der Waals surface area contributed by atoms with Gasteiger partial charge >= 0.3 is 17.9 Å². The predicted molar refractivity (Wildman–Crippen MR) is 58.3 cm³/mol. The van der Waals surface area contributed by atoms with E-state index in [-0.39, 0.29) is 25.4 Å². The molecule has 0 aromatic carbocycles. The summed E-state index contributed by atoms with van der Waals surface area (Å²) in [6, 6.07) is 0. The van der Waals surface area contributed by atoms with Crippen LogP contribution in [0.4, 0.5) is 0 Å². The Bertz CT molecular complexity index is 309. The van der Waals surface area contributed by atoms with E-state index >= 15 is 0 Å². The molecule has 0 radical (unpaired) electrons. The highest BCUT2D eigenvalue weighted by atomic mass is 16.5. The van der Waals surface area contributed by atoms with E-state index in [1.807, 2.05) is 0 Å². The van der Waals surface area contributed by atoms with Crippen molar-refractivity contribution in [2.24, 2.45) is 11.8 Å². The molecule has 0 aliphatic heterocycles. The molecule has 0 saturated carbocycles. The van der Waals surface area contributed by atoms with E-state index in [1.54, 1.807) is 6.92 Å². The molecule has 0 aliphatic rings. The van der Waals surface area contributed by atoms with Gasteiger partial charge in [-0.25, -0.2) is 4.79 Å². The van der Waals surface area contributed by atoms with Crippen molar-refractivity contribution in [3.63, 3.8) is 0 Å². The summed E-state index contributed by atoms with van der Waals surface area (Å²) in [4.78, 5) is 32.0.